The van der Waals surface area contributed by atoms with Gasteiger partial charge in [0.1, 0.15) is 0 Å². The van der Waals surface area contributed by atoms with Crippen molar-refractivity contribution >= 4 is 35.4 Å². The maximum atomic E-state index is 13.3. The molecule has 8 nitrogen and oxygen atoms in total. The molecule has 1 atom stereocenters. The van der Waals surface area contributed by atoms with Crippen molar-refractivity contribution in [3.05, 3.63) is 72.4 Å². The fourth-order valence-electron chi connectivity index (χ4n) is 3.32. The number of hydrazone groups is 1. The number of nitrogens with one attached hydrogen (secondary N) is 2. The number of ether oxygens (including phenoxy) is 1. The fraction of sp³-hybridized carbons (Fsp3) is 0.143. The summed E-state index contributed by atoms with van der Waals surface area (Å²) < 4.78 is 5.20. The van der Waals surface area contributed by atoms with Gasteiger partial charge in [0, 0.05) is 11.9 Å². The third-order valence-electron chi connectivity index (χ3n) is 4.58. The minimum atomic E-state index is -1.52. The van der Waals surface area contributed by atoms with Gasteiger partial charge < -0.3 is 4.74 Å². The van der Waals surface area contributed by atoms with Crippen LogP contribution in [0.25, 0.3) is 0 Å². The first kappa shape index (κ1) is 18.4. The number of hydrogen-bond donors (Lipinski definition) is 2. The Labute approximate surface area is 167 Å². The van der Waals surface area contributed by atoms with E-state index in [-0.39, 0.29) is 18.1 Å². The third-order valence-corrected chi connectivity index (χ3v) is 4.58. The van der Waals surface area contributed by atoms with Gasteiger partial charge in [-0.3, -0.25) is 20.4 Å². The summed E-state index contributed by atoms with van der Waals surface area (Å²) in [4.78, 5) is 32.2. The lowest BCUT2D eigenvalue weighted by Gasteiger charge is -2.35. The summed E-state index contributed by atoms with van der Waals surface area (Å²) in [7, 11) is 0. The number of guanidine groups is 1. The molecule has 1 unspecified atom stereocenters. The summed E-state index contributed by atoms with van der Waals surface area (Å²) in [6.45, 7) is 1.89. The molecule has 2 aromatic rings. The van der Waals surface area contributed by atoms with Crippen LogP contribution in [-0.4, -0.2) is 36.2 Å². The summed E-state index contributed by atoms with van der Waals surface area (Å²) >= 11 is 0. The second-order valence-electron chi connectivity index (χ2n) is 6.33. The quantitative estimate of drug-likeness (QED) is 0.781. The van der Waals surface area contributed by atoms with E-state index in [1.165, 1.54) is 12.4 Å². The Morgan fingerprint density at radius 1 is 1.14 bits per heavy atom. The van der Waals surface area contributed by atoms with Gasteiger partial charge in [-0.05, 0) is 31.2 Å². The lowest BCUT2D eigenvalue weighted by molar-refractivity contribution is -0.140. The highest BCUT2D eigenvalue weighted by Crippen LogP contribution is 2.36. The zero-order valence-corrected chi connectivity index (χ0v) is 15.7. The molecule has 0 radical (unpaired) electrons. The van der Waals surface area contributed by atoms with Crippen molar-refractivity contribution in [2.24, 2.45) is 10.1 Å². The van der Waals surface area contributed by atoms with E-state index in [1.54, 1.807) is 11.8 Å². The molecular weight excluding hydrogens is 370 g/mol. The fourth-order valence-corrected chi connectivity index (χ4v) is 3.32. The first-order chi connectivity index (χ1) is 14.2. The molecule has 4 rings (SSSR count). The zero-order chi connectivity index (χ0) is 20.3. The summed E-state index contributed by atoms with van der Waals surface area (Å²) in [5.41, 5.74) is 2.57. The third kappa shape index (κ3) is 3.14. The van der Waals surface area contributed by atoms with Gasteiger partial charge in [0.25, 0.3) is 5.91 Å². The number of nitrogens with zero attached hydrogens (tertiary/aromatic N) is 3. The van der Waals surface area contributed by atoms with Crippen LogP contribution in [0, 0.1) is 0 Å². The highest BCUT2D eigenvalue weighted by atomic mass is 16.5. The lowest BCUT2D eigenvalue weighted by atomic mass is 9.88. The minimum absolute atomic E-state index is 0.119. The van der Waals surface area contributed by atoms with E-state index in [0.29, 0.717) is 11.4 Å². The van der Waals surface area contributed by atoms with Crippen LogP contribution in [0.5, 0.6) is 0 Å². The molecule has 2 aliphatic heterocycles. The number of aliphatic imine (C=N–C) groups is 1. The van der Waals surface area contributed by atoms with E-state index in [1.807, 2.05) is 60.7 Å². The number of hydrogen-bond acceptors (Lipinski definition) is 6. The Bertz CT molecular complexity index is 1020. The van der Waals surface area contributed by atoms with Gasteiger partial charge in [-0.2, -0.15) is 5.10 Å². The highest BCUT2D eigenvalue weighted by Gasteiger charge is 2.57. The molecule has 1 fully saturated rings. The maximum Gasteiger partial charge on any atom is 0.338 e. The molecule has 0 aliphatic carbocycles. The topological polar surface area (TPSA) is 95.4 Å². The van der Waals surface area contributed by atoms with Crippen LogP contribution in [0.1, 0.15) is 6.92 Å². The Morgan fingerprint density at radius 3 is 2.52 bits per heavy atom. The first-order valence-electron chi connectivity index (χ1n) is 9.15. The molecule has 8 heteroatoms. The van der Waals surface area contributed by atoms with E-state index in [4.69, 9.17) is 4.74 Å². The molecular formula is C21H19N5O3. The van der Waals surface area contributed by atoms with E-state index < -0.39 is 17.4 Å². The van der Waals surface area contributed by atoms with Crippen LogP contribution in [0.4, 0.5) is 11.4 Å². The van der Waals surface area contributed by atoms with Gasteiger partial charge >= 0.3 is 5.97 Å². The monoisotopic (exact) mass is 389 g/mol. The molecule has 146 valence electrons. The number of rotatable bonds is 4. The molecule has 2 aromatic carbocycles. The Hall–Kier alpha value is -3.94. The van der Waals surface area contributed by atoms with Crippen LogP contribution in [0.2, 0.25) is 0 Å². The Balaban J connectivity index is 1.90. The van der Waals surface area contributed by atoms with Crippen LogP contribution in [0.3, 0.4) is 0 Å². The molecule has 0 bridgehead atoms. The van der Waals surface area contributed by atoms with Gasteiger partial charge in [-0.25, -0.2) is 9.79 Å². The Morgan fingerprint density at radius 2 is 1.83 bits per heavy atom. The van der Waals surface area contributed by atoms with E-state index in [9.17, 15) is 9.59 Å². The van der Waals surface area contributed by atoms with Crippen molar-refractivity contribution in [3.8, 4) is 0 Å². The zero-order valence-electron chi connectivity index (χ0n) is 15.7. The minimum Gasteiger partial charge on any atom is -0.462 e. The average Bonchev–Trinajstić information content (AvgIpc) is 3.01. The highest BCUT2D eigenvalue weighted by molar-refractivity contribution is 6.31. The van der Waals surface area contributed by atoms with Gasteiger partial charge in [0.05, 0.1) is 24.1 Å². The molecule has 2 N–H and O–H groups in total. The van der Waals surface area contributed by atoms with Gasteiger partial charge in [-0.15, -0.1) is 0 Å². The molecule has 2 aliphatic rings. The van der Waals surface area contributed by atoms with Crippen molar-refractivity contribution < 1.29 is 14.3 Å². The van der Waals surface area contributed by atoms with E-state index in [2.05, 4.69) is 20.8 Å². The van der Waals surface area contributed by atoms with E-state index in [0.717, 1.165) is 0 Å². The van der Waals surface area contributed by atoms with Gasteiger partial charge in [0.15, 0.2) is 5.54 Å². The molecule has 0 aromatic heterocycles. The first-order valence-corrected chi connectivity index (χ1v) is 9.15. The molecule has 1 spiro atoms. The predicted octanol–water partition coefficient (Wildman–Crippen LogP) is 2.09. The number of esters is 1. The van der Waals surface area contributed by atoms with Crippen molar-refractivity contribution in [1.82, 2.24) is 10.7 Å². The number of anilines is 1. The molecule has 1 amide bonds. The lowest BCUT2D eigenvalue weighted by Crippen LogP contribution is -2.57. The summed E-state index contributed by atoms with van der Waals surface area (Å²) in [5, 5.41) is 6.86. The van der Waals surface area contributed by atoms with Crippen LogP contribution < -0.4 is 15.6 Å². The van der Waals surface area contributed by atoms with Gasteiger partial charge in [0.2, 0.25) is 5.96 Å². The van der Waals surface area contributed by atoms with Gasteiger partial charge in [-0.1, -0.05) is 36.4 Å². The molecule has 2 heterocycles. The number of carbonyl (C=O) groups is 2. The normalized spacial score (nSPS) is 21.7. The van der Waals surface area contributed by atoms with Crippen molar-refractivity contribution in [3.63, 3.8) is 0 Å². The van der Waals surface area contributed by atoms with Crippen molar-refractivity contribution in [1.29, 1.82) is 0 Å². The smallest absolute Gasteiger partial charge is 0.338 e. The summed E-state index contributed by atoms with van der Waals surface area (Å²) in [6, 6.07) is 18.5. The molecule has 29 heavy (non-hydrogen) atoms. The van der Waals surface area contributed by atoms with Crippen LogP contribution in [-0.2, 0) is 14.3 Å². The number of amides is 1. The largest absolute Gasteiger partial charge is 0.462 e. The van der Waals surface area contributed by atoms with Crippen molar-refractivity contribution in [2.45, 2.75) is 12.5 Å². The SMILES string of the molecule is CCOC(=O)C1=CNN=CC12C(=O)NC(=Nc1ccccc1)N2c1ccccc1. The number of para-hydroxylation sites is 2. The average molecular weight is 389 g/mol. The molecule has 1 saturated heterocycles. The van der Waals surface area contributed by atoms with E-state index >= 15 is 0 Å². The second-order valence-corrected chi connectivity index (χ2v) is 6.33. The Kier molecular flexibility index (Phi) is 4.82. The maximum absolute atomic E-state index is 13.3. The second kappa shape index (κ2) is 7.59. The standard InChI is InChI=1S/C21H19N5O3/c1-2-29-18(27)17-13-22-23-14-21(17)19(28)25-20(24-15-9-5-3-6-10-15)26(21)16-11-7-4-8-12-16/h3-14,22H,2H2,1H3,(H,24,25,28). The predicted molar refractivity (Wildman–Crippen MR) is 110 cm³/mol. The summed E-state index contributed by atoms with van der Waals surface area (Å²) in [6.07, 6.45) is 2.79. The number of carbonyl (C=O) groups excluding carboxylic acids is 2. The van der Waals surface area contributed by atoms with Crippen LogP contribution in [0.15, 0.2) is 82.5 Å². The summed E-state index contributed by atoms with van der Waals surface area (Å²) in [5.74, 6) is -0.764. The number of benzene rings is 2. The van der Waals surface area contributed by atoms with Crippen molar-refractivity contribution in [2.75, 3.05) is 11.5 Å². The molecule has 0 saturated carbocycles. The van der Waals surface area contributed by atoms with Crippen LogP contribution >= 0.6 is 0 Å².